The molecule has 82 valence electrons. The molecule has 0 unspecified atom stereocenters. The van der Waals surface area contributed by atoms with Gasteiger partial charge in [0.05, 0.1) is 0 Å². The van der Waals surface area contributed by atoms with Crippen LogP contribution in [0.15, 0.2) is 17.3 Å². The molecule has 0 heterocycles. The lowest BCUT2D eigenvalue weighted by molar-refractivity contribution is 0.106. The molecule has 0 aliphatic heterocycles. The highest BCUT2D eigenvalue weighted by Crippen LogP contribution is 2.29. The van der Waals surface area contributed by atoms with Crippen molar-refractivity contribution >= 4 is 11.5 Å². The molecule has 0 fully saturated rings. The summed E-state index contributed by atoms with van der Waals surface area (Å²) in [4.78, 5) is 11.8. The molecule has 0 spiro atoms. The number of fused-ring (bicyclic) bond motifs is 2. The van der Waals surface area contributed by atoms with Gasteiger partial charge in [0, 0.05) is 12.0 Å². The highest BCUT2D eigenvalue weighted by molar-refractivity contribution is 6.49. The van der Waals surface area contributed by atoms with Gasteiger partial charge in [0.1, 0.15) is 5.71 Å². The van der Waals surface area contributed by atoms with Crippen molar-refractivity contribution in [3.8, 4) is 0 Å². The largest absolute Gasteiger partial charge is 0.411 e. The molecule has 16 heavy (non-hydrogen) atoms. The zero-order chi connectivity index (χ0) is 11.1. The van der Waals surface area contributed by atoms with Crippen LogP contribution >= 0.6 is 0 Å². The van der Waals surface area contributed by atoms with Gasteiger partial charge in [-0.25, -0.2) is 0 Å². The molecule has 3 heteroatoms. The fraction of sp³-hybridized carbons (Fsp3) is 0.385. The monoisotopic (exact) mass is 215 g/mol. The molecule has 3 nitrogen and oxygen atoms in total. The molecule has 2 aliphatic rings. The molecule has 1 aromatic carbocycles. The predicted molar refractivity (Wildman–Crippen MR) is 60.3 cm³/mol. The maximum absolute atomic E-state index is 11.8. The van der Waals surface area contributed by atoms with E-state index in [0.29, 0.717) is 6.42 Å². The molecule has 3 rings (SSSR count). The van der Waals surface area contributed by atoms with Gasteiger partial charge in [-0.1, -0.05) is 11.2 Å². The Labute approximate surface area is 93.8 Å². The van der Waals surface area contributed by atoms with E-state index in [0.717, 1.165) is 24.0 Å². The number of rotatable bonds is 0. The number of ketones is 1. The lowest BCUT2D eigenvalue weighted by Gasteiger charge is -2.16. The summed E-state index contributed by atoms with van der Waals surface area (Å²) < 4.78 is 0. The Bertz CT molecular complexity index is 503. The van der Waals surface area contributed by atoms with Gasteiger partial charge in [-0.2, -0.15) is 0 Å². The minimum Gasteiger partial charge on any atom is -0.411 e. The first kappa shape index (κ1) is 9.58. The second-order valence-electron chi connectivity index (χ2n) is 4.54. The number of hydrogen-bond acceptors (Lipinski definition) is 3. The van der Waals surface area contributed by atoms with Crippen molar-refractivity contribution in [2.45, 2.75) is 32.1 Å². The zero-order valence-electron chi connectivity index (χ0n) is 8.99. The third-order valence-electron chi connectivity index (χ3n) is 3.55. The van der Waals surface area contributed by atoms with Crippen molar-refractivity contribution in [3.05, 3.63) is 34.4 Å². The number of aryl methyl sites for hydroxylation is 2. The molecule has 0 saturated heterocycles. The number of benzene rings is 1. The van der Waals surface area contributed by atoms with Gasteiger partial charge in [0.15, 0.2) is 0 Å². The minimum atomic E-state index is -0.106. The minimum absolute atomic E-state index is 0.106. The predicted octanol–water partition coefficient (Wildman–Crippen LogP) is 2.13. The average molecular weight is 215 g/mol. The van der Waals surface area contributed by atoms with Gasteiger partial charge in [0.25, 0.3) is 0 Å². The third-order valence-corrected chi connectivity index (χ3v) is 3.55. The van der Waals surface area contributed by atoms with E-state index in [4.69, 9.17) is 5.21 Å². The molecule has 0 atom stereocenters. The molecule has 0 saturated carbocycles. The molecule has 0 bridgehead atoms. The van der Waals surface area contributed by atoms with Crippen LogP contribution in [-0.2, 0) is 19.3 Å². The smallest absolute Gasteiger partial charge is 0.211 e. The lowest BCUT2D eigenvalue weighted by atomic mass is 9.89. The Kier molecular flexibility index (Phi) is 2.06. The lowest BCUT2D eigenvalue weighted by Crippen LogP contribution is -2.08. The Morgan fingerprint density at radius 3 is 2.44 bits per heavy atom. The van der Waals surface area contributed by atoms with Crippen LogP contribution in [0.2, 0.25) is 0 Å². The Morgan fingerprint density at radius 2 is 1.75 bits per heavy atom. The van der Waals surface area contributed by atoms with Crippen LogP contribution in [-0.4, -0.2) is 16.7 Å². The molecule has 1 aromatic rings. The molecule has 0 radical (unpaired) electrons. The summed E-state index contributed by atoms with van der Waals surface area (Å²) in [5.74, 6) is -0.106. The van der Waals surface area contributed by atoms with Crippen molar-refractivity contribution in [2.75, 3.05) is 0 Å². The van der Waals surface area contributed by atoms with Gasteiger partial charge >= 0.3 is 0 Å². The summed E-state index contributed by atoms with van der Waals surface area (Å²) in [6.45, 7) is 0. The van der Waals surface area contributed by atoms with Gasteiger partial charge in [0.2, 0.25) is 5.78 Å². The first-order valence-electron chi connectivity index (χ1n) is 5.70. The third kappa shape index (κ3) is 1.28. The first-order chi connectivity index (χ1) is 7.79. The van der Waals surface area contributed by atoms with Crippen LogP contribution in [0.5, 0.6) is 0 Å². The van der Waals surface area contributed by atoms with E-state index in [2.05, 4.69) is 11.2 Å². The van der Waals surface area contributed by atoms with Crippen LogP contribution in [0.4, 0.5) is 0 Å². The fourth-order valence-corrected chi connectivity index (χ4v) is 2.69. The molecule has 0 aromatic heterocycles. The van der Waals surface area contributed by atoms with Crippen molar-refractivity contribution < 1.29 is 10.0 Å². The van der Waals surface area contributed by atoms with Crippen molar-refractivity contribution in [2.24, 2.45) is 5.16 Å². The summed E-state index contributed by atoms with van der Waals surface area (Å²) in [6, 6.07) is 4.13. The highest BCUT2D eigenvalue weighted by Gasteiger charge is 2.28. The van der Waals surface area contributed by atoms with E-state index in [1.54, 1.807) is 0 Å². The van der Waals surface area contributed by atoms with E-state index in [1.165, 1.54) is 24.0 Å². The van der Waals surface area contributed by atoms with Gasteiger partial charge < -0.3 is 5.21 Å². The SMILES string of the molecule is O=C1C(=NO)Cc2cc3c(cc21)CCCC3. The molecule has 2 aliphatic carbocycles. The number of oxime groups is 1. The number of nitrogens with zero attached hydrogens (tertiary/aromatic N) is 1. The Hall–Kier alpha value is -1.64. The number of carbonyl (C=O) groups excluding carboxylic acids is 1. The molecular weight excluding hydrogens is 202 g/mol. The number of Topliss-reactive ketones (excluding diaryl/α,β-unsaturated/α-hetero) is 1. The fourth-order valence-electron chi connectivity index (χ4n) is 2.69. The molecular formula is C13H13NO2. The Balaban J connectivity index is 2.13. The van der Waals surface area contributed by atoms with Crippen LogP contribution in [0, 0.1) is 0 Å². The molecule has 1 N–H and O–H groups in total. The van der Waals surface area contributed by atoms with E-state index < -0.39 is 0 Å². The number of hydrogen-bond donors (Lipinski definition) is 1. The number of carbonyl (C=O) groups is 1. The van der Waals surface area contributed by atoms with E-state index in [9.17, 15) is 4.79 Å². The van der Waals surface area contributed by atoms with E-state index in [-0.39, 0.29) is 11.5 Å². The van der Waals surface area contributed by atoms with Gasteiger partial charge in [-0.3, -0.25) is 4.79 Å². The summed E-state index contributed by atoms with van der Waals surface area (Å²) in [7, 11) is 0. The maximum Gasteiger partial charge on any atom is 0.211 e. The topological polar surface area (TPSA) is 49.7 Å². The first-order valence-corrected chi connectivity index (χ1v) is 5.70. The highest BCUT2D eigenvalue weighted by atomic mass is 16.4. The quantitative estimate of drug-likeness (QED) is 0.532. The van der Waals surface area contributed by atoms with Crippen LogP contribution in [0.3, 0.4) is 0 Å². The van der Waals surface area contributed by atoms with Crippen LogP contribution in [0.25, 0.3) is 0 Å². The summed E-state index contributed by atoms with van der Waals surface area (Å²) in [5.41, 5.74) is 4.72. The second kappa shape index (κ2) is 3.44. The van der Waals surface area contributed by atoms with Crippen LogP contribution < -0.4 is 0 Å². The van der Waals surface area contributed by atoms with E-state index >= 15 is 0 Å². The maximum atomic E-state index is 11.8. The van der Waals surface area contributed by atoms with Crippen molar-refractivity contribution in [1.29, 1.82) is 0 Å². The average Bonchev–Trinajstić information content (AvgIpc) is 2.63. The van der Waals surface area contributed by atoms with Crippen molar-refractivity contribution in [1.82, 2.24) is 0 Å². The normalized spacial score (nSPS) is 21.0. The molecule has 0 amide bonds. The van der Waals surface area contributed by atoms with Crippen LogP contribution in [0.1, 0.15) is 39.9 Å². The summed E-state index contributed by atoms with van der Waals surface area (Å²) in [6.07, 6.45) is 5.11. The van der Waals surface area contributed by atoms with E-state index in [1.807, 2.05) is 6.07 Å². The summed E-state index contributed by atoms with van der Waals surface area (Å²) >= 11 is 0. The van der Waals surface area contributed by atoms with Gasteiger partial charge in [-0.15, -0.1) is 0 Å². The van der Waals surface area contributed by atoms with Gasteiger partial charge in [-0.05, 0) is 48.4 Å². The standard InChI is InChI=1S/C13H13NO2/c15-13-11-6-9-4-2-1-3-8(9)5-10(11)7-12(13)14-16/h5-6,16H,1-4,7H2. The van der Waals surface area contributed by atoms with Crippen molar-refractivity contribution in [3.63, 3.8) is 0 Å². The Morgan fingerprint density at radius 1 is 1.06 bits per heavy atom. The zero-order valence-corrected chi connectivity index (χ0v) is 8.99. The second-order valence-corrected chi connectivity index (χ2v) is 4.54. The summed E-state index contributed by atoms with van der Waals surface area (Å²) in [5, 5.41) is 11.8.